The van der Waals surface area contributed by atoms with E-state index < -0.39 is 11.8 Å². The molecule has 44 valence electrons. The van der Waals surface area contributed by atoms with Gasteiger partial charge in [0.2, 0.25) is 1.43 Å². The Kier molecular flexibility index (Phi) is 0.783. The Morgan fingerprint density at radius 1 is 1.50 bits per heavy atom. The molecule has 1 aliphatic heterocycles. The number of carbonyl (C=O) groups is 2. The standard InChI is InChI=1S/C4H5NO3/c6-3-1-2-4(7)5(3)8/h8H,1-2H2/i8T. The molecule has 8 heavy (non-hydrogen) atoms. The van der Waals surface area contributed by atoms with Gasteiger partial charge in [0.15, 0.2) is 0 Å². The van der Waals surface area contributed by atoms with Crippen molar-refractivity contribution in [3.63, 3.8) is 0 Å². The van der Waals surface area contributed by atoms with Crippen LogP contribution < -0.4 is 0 Å². The summed E-state index contributed by atoms with van der Waals surface area (Å²) in [7, 11) is 0. The zero-order valence-electron chi connectivity index (χ0n) is 5.09. The third-order valence-corrected chi connectivity index (χ3v) is 1.01. The van der Waals surface area contributed by atoms with E-state index in [1.165, 1.54) is 0 Å². The molecule has 0 aromatic carbocycles. The minimum Gasteiger partial charge on any atom is -0.279 e. The van der Waals surface area contributed by atoms with Crippen LogP contribution in [0.5, 0.6) is 0 Å². The lowest BCUT2D eigenvalue weighted by Gasteiger charge is -1.98. The highest BCUT2D eigenvalue weighted by molar-refractivity contribution is 6.00. The summed E-state index contributed by atoms with van der Waals surface area (Å²) in [5.74, 6) is -0.870. The fourth-order valence-corrected chi connectivity index (χ4v) is 0.556. The van der Waals surface area contributed by atoms with Crippen LogP contribution in [-0.2, 0) is 9.59 Å². The Balaban J connectivity index is 2.66. The van der Waals surface area contributed by atoms with Crippen molar-refractivity contribution >= 4 is 11.8 Å². The summed E-state index contributed by atoms with van der Waals surface area (Å²) in [5.41, 5.74) is 0. The van der Waals surface area contributed by atoms with Crippen LogP contribution in [0.3, 0.4) is 0 Å². The van der Waals surface area contributed by atoms with E-state index in [1.807, 2.05) is 0 Å². The van der Waals surface area contributed by atoms with Gasteiger partial charge in [-0.15, -0.1) is 0 Å². The predicted octanol–water partition coefficient (Wildman–Crippen LogP) is -0.475. The molecule has 0 atom stereocenters. The minimum absolute atomic E-state index is 0.164. The van der Waals surface area contributed by atoms with E-state index in [4.69, 9.17) is 1.43 Å². The maximum absolute atomic E-state index is 10.5. The number of hydroxylamine groups is 2. The molecular formula is C4H5NO3. The normalized spacial score (nSPS) is 22.0. The SMILES string of the molecule is [3H]ON1C(=O)CCC1=O. The second kappa shape index (κ2) is 1.56. The molecule has 0 aromatic heterocycles. The Hall–Kier alpha value is -0.900. The molecule has 0 spiro atoms. The van der Waals surface area contributed by atoms with Crippen molar-refractivity contribution in [1.29, 1.82) is 0 Å². The van der Waals surface area contributed by atoms with Gasteiger partial charge < -0.3 is 0 Å². The van der Waals surface area contributed by atoms with Gasteiger partial charge in [0.1, 0.15) is 0 Å². The predicted molar refractivity (Wildman–Crippen MR) is 22.9 cm³/mol. The van der Waals surface area contributed by atoms with Crippen molar-refractivity contribution in [3.05, 3.63) is 0 Å². The monoisotopic (exact) mass is 117 g/mol. The molecule has 0 radical (unpaired) electrons. The number of amides is 2. The molecule has 1 saturated heterocycles. The first kappa shape index (κ1) is 4.03. The van der Waals surface area contributed by atoms with E-state index in [2.05, 4.69) is 5.21 Å². The van der Waals surface area contributed by atoms with Gasteiger partial charge >= 0.3 is 0 Å². The first-order valence-corrected chi connectivity index (χ1v) is 2.25. The van der Waals surface area contributed by atoms with Gasteiger partial charge in [-0.2, -0.15) is 5.06 Å². The van der Waals surface area contributed by atoms with Gasteiger partial charge in [0.05, 0.1) is 0 Å². The highest BCUT2D eigenvalue weighted by Gasteiger charge is 2.26. The third kappa shape index (κ3) is 0.586. The van der Waals surface area contributed by atoms with Crippen molar-refractivity contribution in [2.75, 3.05) is 0 Å². The highest BCUT2D eigenvalue weighted by Crippen LogP contribution is 2.06. The van der Waals surface area contributed by atoms with Crippen LogP contribution in [0.25, 0.3) is 0 Å². The molecule has 0 aromatic rings. The van der Waals surface area contributed by atoms with Crippen LogP contribution in [0, 0.1) is 0 Å². The molecule has 0 saturated carbocycles. The molecule has 1 N–H and O–H groups in total. The van der Waals surface area contributed by atoms with Crippen LogP contribution in [-0.4, -0.2) is 22.1 Å². The second-order valence-electron chi connectivity index (χ2n) is 1.58. The third-order valence-electron chi connectivity index (χ3n) is 1.01. The van der Waals surface area contributed by atoms with E-state index in [1.54, 1.807) is 0 Å². The van der Waals surface area contributed by atoms with Crippen molar-refractivity contribution < 1.29 is 16.2 Å². The number of carbonyl (C=O) groups excluding carboxylic acids is 2. The lowest BCUT2D eigenvalue weighted by molar-refractivity contribution is -0.171. The van der Waals surface area contributed by atoms with Crippen molar-refractivity contribution in [2.24, 2.45) is 0 Å². The van der Waals surface area contributed by atoms with E-state index >= 15 is 0 Å². The molecule has 1 fully saturated rings. The number of nitrogens with zero attached hydrogens (tertiary/aromatic N) is 1. The van der Waals surface area contributed by atoms with Gasteiger partial charge in [0.25, 0.3) is 11.8 Å². The van der Waals surface area contributed by atoms with Gasteiger partial charge in [-0.25, -0.2) is 0 Å². The first-order valence-electron chi connectivity index (χ1n) is 2.65. The Bertz CT molecular complexity index is 142. The summed E-state index contributed by atoms with van der Waals surface area (Å²) in [4.78, 5) is 21.0. The number of rotatable bonds is 1. The molecular weight excluding hydrogens is 110 g/mol. The lowest BCUT2D eigenvalue weighted by Crippen LogP contribution is -2.24. The van der Waals surface area contributed by atoms with Crippen LogP contribution in [0.4, 0.5) is 0 Å². The van der Waals surface area contributed by atoms with E-state index in [0.29, 0.717) is 5.06 Å². The van der Waals surface area contributed by atoms with E-state index in [0.717, 1.165) is 0 Å². The van der Waals surface area contributed by atoms with Crippen molar-refractivity contribution in [1.82, 2.24) is 5.06 Å². The summed E-state index contributed by atoms with van der Waals surface area (Å²) in [6.45, 7) is 0. The maximum atomic E-state index is 10.5. The van der Waals surface area contributed by atoms with Gasteiger partial charge in [-0.3, -0.25) is 14.8 Å². The smallest absolute Gasteiger partial charge is 0.253 e. The summed E-state index contributed by atoms with van der Waals surface area (Å²) in [6, 6.07) is 0. The minimum atomic E-state index is -0.435. The quantitative estimate of drug-likeness (QED) is 0.373. The number of hydrogen-bond donors (Lipinski definition) is 1. The summed E-state index contributed by atoms with van der Waals surface area (Å²) in [5, 5.41) is 4.18. The fourth-order valence-electron chi connectivity index (χ4n) is 0.556. The van der Waals surface area contributed by atoms with Gasteiger partial charge in [-0.05, 0) is 0 Å². The van der Waals surface area contributed by atoms with Crippen molar-refractivity contribution in [2.45, 2.75) is 12.8 Å². The lowest BCUT2D eigenvalue weighted by atomic mass is 10.4. The summed E-state index contributed by atoms with van der Waals surface area (Å²) in [6.07, 6.45) is 0.329. The molecule has 0 unspecified atom stereocenters. The molecule has 1 heterocycles. The Labute approximate surface area is 47.2 Å². The molecule has 1 aliphatic rings. The maximum Gasteiger partial charge on any atom is 0.253 e. The average Bonchev–Trinajstić information content (AvgIpc) is 2.12. The Morgan fingerprint density at radius 2 is 2.00 bits per heavy atom. The van der Waals surface area contributed by atoms with Crippen LogP contribution in [0.1, 0.15) is 12.8 Å². The number of hydrogen-bond acceptors (Lipinski definition) is 3. The fraction of sp³-hybridized carbons (Fsp3) is 0.500. The summed E-state index contributed by atoms with van der Waals surface area (Å²) >= 11 is 0. The molecule has 2 amide bonds. The molecule has 0 bridgehead atoms. The topological polar surface area (TPSA) is 57.6 Å². The molecule has 4 heteroatoms. The molecule has 1 rings (SSSR count). The zero-order chi connectivity index (χ0) is 6.85. The first-order chi connectivity index (χ1) is 4.25. The van der Waals surface area contributed by atoms with Crippen LogP contribution in [0.15, 0.2) is 0 Å². The largest absolute Gasteiger partial charge is 0.279 e. The molecule has 0 aliphatic carbocycles. The second-order valence-corrected chi connectivity index (χ2v) is 1.58. The van der Waals surface area contributed by atoms with Crippen molar-refractivity contribution in [3.8, 4) is 0 Å². The average molecular weight is 117 g/mol. The zero-order valence-corrected chi connectivity index (χ0v) is 4.09. The van der Waals surface area contributed by atoms with Crippen LogP contribution in [0.2, 0.25) is 1.43 Å². The van der Waals surface area contributed by atoms with Gasteiger partial charge in [0, 0.05) is 12.8 Å². The van der Waals surface area contributed by atoms with E-state index in [-0.39, 0.29) is 12.8 Å². The Morgan fingerprint density at radius 3 is 2.25 bits per heavy atom. The highest BCUT2D eigenvalue weighted by atomic mass is 16.5. The summed E-state index contributed by atoms with van der Waals surface area (Å²) < 4.78 is 6.24. The molecule has 4 nitrogen and oxygen atoms in total. The van der Waals surface area contributed by atoms with Crippen LogP contribution >= 0.6 is 0 Å². The number of imide groups is 1. The van der Waals surface area contributed by atoms with E-state index in [9.17, 15) is 9.59 Å². The van der Waals surface area contributed by atoms with Gasteiger partial charge in [-0.1, -0.05) is 0 Å².